The van der Waals surface area contributed by atoms with Crippen LogP contribution in [-0.4, -0.2) is 28.7 Å². The van der Waals surface area contributed by atoms with Crippen LogP contribution in [0.4, 0.5) is 0 Å². The van der Waals surface area contributed by atoms with Crippen molar-refractivity contribution in [1.29, 1.82) is 0 Å². The minimum Gasteiger partial charge on any atom is -0.309 e. The second kappa shape index (κ2) is 17.8. The molecular formula is C74H50N6. The molecule has 4 aromatic heterocycles. The summed E-state index contributed by atoms with van der Waals surface area (Å²) in [4.78, 5) is 15.1. The smallest absolute Gasteiger partial charge is 0.164 e. The van der Waals surface area contributed by atoms with Crippen molar-refractivity contribution < 1.29 is 0 Å². The Kier molecular flexibility index (Phi) is 10.2. The molecule has 0 atom stereocenters. The van der Waals surface area contributed by atoms with Gasteiger partial charge in [-0.3, -0.25) is 0 Å². The topological polar surface area (TPSA) is 53.5 Å². The summed E-state index contributed by atoms with van der Waals surface area (Å²) in [6, 6.07) is 96.2. The van der Waals surface area contributed by atoms with Crippen LogP contribution in [0.1, 0.15) is 25.0 Å². The summed E-state index contributed by atoms with van der Waals surface area (Å²) in [6.07, 6.45) is 0. The lowest BCUT2D eigenvalue weighted by molar-refractivity contribution is 0.666. The van der Waals surface area contributed by atoms with Crippen LogP contribution in [0.5, 0.6) is 0 Å². The summed E-state index contributed by atoms with van der Waals surface area (Å²) in [6.45, 7) is 4.83. The molecule has 4 heterocycles. The second-order valence-corrected chi connectivity index (χ2v) is 21.6. The number of rotatable bonds is 8. The molecule has 80 heavy (non-hydrogen) atoms. The summed E-state index contributed by atoms with van der Waals surface area (Å²) in [5.41, 5.74) is 21.7. The fraction of sp³-hybridized carbons (Fsp3) is 0.0405. The van der Waals surface area contributed by atoms with E-state index in [-0.39, 0.29) is 5.41 Å². The van der Waals surface area contributed by atoms with Crippen molar-refractivity contribution in [2.75, 3.05) is 0 Å². The van der Waals surface area contributed by atoms with Crippen molar-refractivity contribution in [3.8, 4) is 84.7 Å². The normalized spacial score (nSPS) is 12.7. The molecular weight excluding hydrogens is 973 g/mol. The minimum absolute atomic E-state index is 0.272. The number of aromatic nitrogens is 6. The molecule has 6 nitrogen and oxygen atoms in total. The maximum absolute atomic E-state index is 5.06. The summed E-state index contributed by atoms with van der Waals surface area (Å²) < 4.78 is 7.39. The average Bonchev–Trinajstić information content (AvgIpc) is 4.36. The van der Waals surface area contributed by atoms with Crippen LogP contribution in [0.25, 0.3) is 139 Å². The third kappa shape index (κ3) is 7.02. The highest BCUT2D eigenvalue weighted by Crippen LogP contribution is 2.56. The molecule has 0 spiro atoms. The quantitative estimate of drug-likeness (QED) is 0.152. The van der Waals surface area contributed by atoms with E-state index in [1.54, 1.807) is 0 Å². The van der Waals surface area contributed by atoms with Gasteiger partial charge in [-0.15, -0.1) is 0 Å². The molecule has 0 saturated heterocycles. The maximum atomic E-state index is 5.06. The van der Waals surface area contributed by atoms with Crippen molar-refractivity contribution in [2.45, 2.75) is 19.3 Å². The molecule has 0 radical (unpaired) electrons. The predicted octanol–water partition coefficient (Wildman–Crippen LogP) is 18.7. The molecule has 0 saturated carbocycles. The Morgan fingerprint density at radius 2 is 0.725 bits per heavy atom. The first-order valence-corrected chi connectivity index (χ1v) is 27.4. The maximum Gasteiger partial charge on any atom is 0.164 e. The van der Waals surface area contributed by atoms with Gasteiger partial charge in [0.05, 0.1) is 33.3 Å². The lowest BCUT2D eigenvalue weighted by Crippen LogP contribution is -2.14. The number of hydrogen-bond donors (Lipinski definition) is 0. The van der Waals surface area contributed by atoms with E-state index in [4.69, 9.17) is 15.0 Å². The predicted molar refractivity (Wildman–Crippen MR) is 330 cm³/mol. The van der Waals surface area contributed by atoms with Crippen molar-refractivity contribution in [1.82, 2.24) is 28.7 Å². The van der Waals surface area contributed by atoms with E-state index in [0.717, 1.165) is 50.4 Å². The van der Waals surface area contributed by atoms with Crippen molar-refractivity contribution in [2.24, 2.45) is 0 Å². The Bertz CT molecular complexity index is 4880. The van der Waals surface area contributed by atoms with Crippen molar-refractivity contribution >= 4 is 54.5 Å². The first-order valence-electron chi connectivity index (χ1n) is 27.4. The average molecular weight is 1020 g/mol. The van der Waals surface area contributed by atoms with E-state index in [9.17, 15) is 0 Å². The van der Waals surface area contributed by atoms with E-state index in [2.05, 4.69) is 234 Å². The van der Waals surface area contributed by atoms with Gasteiger partial charge >= 0.3 is 0 Å². The van der Waals surface area contributed by atoms with Crippen LogP contribution in [-0.2, 0) is 5.41 Å². The van der Waals surface area contributed by atoms with Crippen molar-refractivity contribution in [3.05, 3.63) is 278 Å². The van der Waals surface area contributed by atoms with Crippen LogP contribution in [0, 0.1) is 0 Å². The summed E-state index contributed by atoms with van der Waals surface area (Å²) in [7, 11) is 0. The van der Waals surface area contributed by atoms with Gasteiger partial charge in [0.25, 0.3) is 0 Å². The number of fused-ring (bicyclic) bond motifs is 12. The van der Waals surface area contributed by atoms with Gasteiger partial charge in [-0.25, -0.2) is 15.0 Å². The standard InChI is InChI=1S/C74H50N6/c1-74(2)61-32-17-15-31-58(61)70-69(74)68-66(80(70)55-28-13-6-14-29-55)43-42-65-67(68)60-46-52(51-36-40-63-59(45-51)57-30-16-18-33-62(57)78(63)54-26-11-5-12-27-54)37-41-64(60)79(65)56-38-34-47(35-39-56)50-24-19-25-53(44-50)73-76-71(48-20-7-3-8-21-48)75-72(77-73)49-22-9-4-10-23-49/h3-46H,1-2H3. The number of hydrogen-bond acceptors (Lipinski definition) is 3. The Morgan fingerprint density at radius 1 is 0.287 bits per heavy atom. The second-order valence-electron chi connectivity index (χ2n) is 21.6. The zero-order chi connectivity index (χ0) is 53.1. The van der Waals surface area contributed by atoms with Crippen LogP contribution in [0.15, 0.2) is 267 Å². The molecule has 15 aromatic rings. The van der Waals surface area contributed by atoms with E-state index in [0.29, 0.717) is 17.5 Å². The SMILES string of the molecule is CC1(C)c2ccccc2-c2c1c1c3c4cc(-c5ccc6c(c5)c5ccccc5n6-c5ccccc5)ccc4n(-c4ccc(-c5cccc(-c6nc(-c7ccccc7)nc(-c7ccccc7)n6)c5)cc4)c3ccc1n2-c1ccccc1. The molecule has 0 unspecified atom stereocenters. The van der Waals surface area contributed by atoms with Gasteiger partial charge < -0.3 is 13.7 Å². The number of para-hydroxylation sites is 3. The Balaban J connectivity index is 0.888. The number of nitrogens with zero attached hydrogens (tertiary/aromatic N) is 6. The van der Waals surface area contributed by atoms with E-state index >= 15 is 0 Å². The molecule has 0 aliphatic heterocycles. The first-order chi connectivity index (χ1) is 39.4. The molecule has 16 rings (SSSR count). The van der Waals surface area contributed by atoms with Gasteiger partial charge in [-0.1, -0.05) is 196 Å². The zero-order valence-electron chi connectivity index (χ0n) is 44.1. The van der Waals surface area contributed by atoms with Crippen LogP contribution in [0.3, 0.4) is 0 Å². The molecule has 0 bridgehead atoms. The van der Waals surface area contributed by atoms with Gasteiger partial charge in [0, 0.05) is 71.7 Å². The minimum atomic E-state index is -0.272. The monoisotopic (exact) mass is 1020 g/mol. The van der Waals surface area contributed by atoms with Gasteiger partial charge in [0.1, 0.15) is 0 Å². The van der Waals surface area contributed by atoms with Gasteiger partial charge in [-0.05, 0) is 118 Å². The third-order valence-electron chi connectivity index (χ3n) is 16.7. The van der Waals surface area contributed by atoms with E-state index in [1.165, 1.54) is 82.5 Å². The van der Waals surface area contributed by atoms with Gasteiger partial charge in [-0.2, -0.15) is 0 Å². The van der Waals surface area contributed by atoms with Crippen molar-refractivity contribution in [3.63, 3.8) is 0 Å². The Labute approximate surface area is 462 Å². The van der Waals surface area contributed by atoms with E-state index < -0.39 is 0 Å². The fourth-order valence-corrected chi connectivity index (χ4v) is 13.0. The lowest BCUT2D eigenvalue weighted by Gasteiger charge is -2.21. The Morgan fingerprint density at radius 3 is 1.39 bits per heavy atom. The number of benzene rings is 11. The molecule has 0 amide bonds. The van der Waals surface area contributed by atoms with Gasteiger partial charge in [0.15, 0.2) is 17.5 Å². The molecule has 376 valence electrons. The molecule has 0 N–H and O–H groups in total. The fourth-order valence-electron chi connectivity index (χ4n) is 13.0. The van der Waals surface area contributed by atoms with Crippen LogP contribution >= 0.6 is 0 Å². The highest BCUT2D eigenvalue weighted by molar-refractivity contribution is 6.25. The molecule has 1 aliphatic carbocycles. The molecule has 6 heteroatoms. The highest BCUT2D eigenvalue weighted by Gasteiger charge is 2.41. The van der Waals surface area contributed by atoms with E-state index in [1.807, 2.05) is 60.7 Å². The lowest BCUT2D eigenvalue weighted by atomic mass is 9.81. The molecule has 0 fully saturated rings. The molecule has 1 aliphatic rings. The molecule has 11 aromatic carbocycles. The summed E-state index contributed by atoms with van der Waals surface area (Å²) >= 11 is 0. The first kappa shape index (κ1) is 45.7. The van der Waals surface area contributed by atoms with Crippen LogP contribution < -0.4 is 0 Å². The van der Waals surface area contributed by atoms with Crippen LogP contribution in [0.2, 0.25) is 0 Å². The third-order valence-corrected chi connectivity index (χ3v) is 16.7. The Hall–Kier alpha value is -10.4. The largest absolute Gasteiger partial charge is 0.309 e. The zero-order valence-corrected chi connectivity index (χ0v) is 44.1. The summed E-state index contributed by atoms with van der Waals surface area (Å²) in [5, 5.41) is 6.24. The highest BCUT2D eigenvalue weighted by atomic mass is 15.0. The summed E-state index contributed by atoms with van der Waals surface area (Å²) in [5.74, 6) is 1.91. The van der Waals surface area contributed by atoms with Gasteiger partial charge in [0.2, 0.25) is 0 Å².